The first-order valence-corrected chi connectivity index (χ1v) is 6.17. The van der Waals surface area contributed by atoms with Gasteiger partial charge in [0.05, 0.1) is 0 Å². The molecule has 2 aromatic carbocycles. The molecule has 0 saturated carbocycles. The molecule has 0 amide bonds. The number of aliphatic hydroxyl groups excluding tert-OH is 1. The zero-order valence-electron chi connectivity index (χ0n) is 9.62. The van der Waals surface area contributed by atoms with Crippen LogP contribution in [-0.4, -0.2) is 5.11 Å². The second-order valence-corrected chi connectivity index (χ2v) is 5.01. The summed E-state index contributed by atoms with van der Waals surface area (Å²) in [5.41, 5.74) is 0.946. The Morgan fingerprint density at radius 3 is 2.39 bits per heavy atom. The lowest BCUT2D eigenvalue weighted by Crippen LogP contribution is -2.05. The summed E-state index contributed by atoms with van der Waals surface area (Å²) >= 11 is 3.13. The van der Waals surface area contributed by atoms with Gasteiger partial charge in [-0.1, -0.05) is 39.7 Å². The molecule has 0 heterocycles. The maximum atomic E-state index is 13.7. The molecule has 0 saturated heterocycles. The summed E-state index contributed by atoms with van der Waals surface area (Å²) in [7, 11) is 0. The highest BCUT2D eigenvalue weighted by Crippen LogP contribution is 2.28. The van der Waals surface area contributed by atoms with Gasteiger partial charge < -0.3 is 5.11 Å². The van der Waals surface area contributed by atoms with Gasteiger partial charge in [-0.15, -0.1) is 0 Å². The molecule has 2 aromatic rings. The molecule has 0 aliphatic rings. The summed E-state index contributed by atoms with van der Waals surface area (Å²) in [5.74, 6) is -1.12. The van der Waals surface area contributed by atoms with Gasteiger partial charge in [0.1, 0.15) is 17.7 Å². The Bertz CT molecular complexity index is 584. The van der Waals surface area contributed by atoms with Gasteiger partial charge in [-0.3, -0.25) is 0 Å². The second kappa shape index (κ2) is 5.16. The monoisotopic (exact) mass is 312 g/mol. The molecule has 1 N–H and O–H groups in total. The second-order valence-electron chi connectivity index (χ2n) is 4.09. The van der Waals surface area contributed by atoms with E-state index in [2.05, 4.69) is 15.9 Å². The van der Waals surface area contributed by atoms with Crippen molar-refractivity contribution < 1.29 is 13.9 Å². The Hall–Kier alpha value is -1.26. The van der Waals surface area contributed by atoms with E-state index >= 15 is 0 Å². The molecule has 4 heteroatoms. The number of rotatable bonds is 2. The predicted molar refractivity (Wildman–Crippen MR) is 69.3 cm³/mol. The van der Waals surface area contributed by atoms with Crippen LogP contribution in [-0.2, 0) is 0 Å². The quantitative estimate of drug-likeness (QED) is 0.884. The SMILES string of the molecule is Cc1ccc(F)c(C(O)c2ccc(Br)cc2F)c1. The van der Waals surface area contributed by atoms with E-state index in [-0.39, 0.29) is 11.1 Å². The van der Waals surface area contributed by atoms with E-state index in [4.69, 9.17) is 0 Å². The molecule has 0 aliphatic heterocycles. The van der Waals surface area contributed by atoms with Crippen molar-refractivity contribution in [3.63, 3.8) is 0 Å². The molecule has 0 aromatic heterocycles. The smallest absolute Gasteiger partial charge is 0.130 e. The minimum atomic E-state index is -1.31. The van der Waals surface area contributed by atoms with Gasteiger partial charge in [0.2, 0.25) is 0 Å². The molecule has 18 heavy (non-hydrogen) atoms. The number of aryl methyl sites for hydroxylation is 1. The van der Waals surface area contributed by atoms with Crippen molar-refractivity contribution in [2.75, 3.05) is 0 Å². The lowest BCUT2D eigenvalue weighted by Gasteiger charge is -2.14. The Labute approximate surface area is 112 Å². The number of benzene rings is 2. The minimum absolute atomic E-state index is 0.0581. The van der Waals surface area contributed by atoms with E-state index in [1.807, 2.05) is 0 Å². The van der Waals surface area contributed by atoms with Crippen LogP contribution in [0.25, 0.3) is 0 Å². The predicted octanol–water partition coefficient (Wildman–Crippen LogP) is 4.12. The average molecular weight is 313 g/mol. The van der Waals surface area contributed by atoms with Crippen molar-refractivity contribution in [2.24, 2.45) is 0 Å². The van der Waals surface area contributed by atoms with Gasteiger partial charge in [-0.05, 0) is 25.1 Å². The summed E-state index contributed by atoms with van der Waals surface area (Å²) in [4.78, 5) is 0. The molecule has 1 nitrogen and oxygen atoms in total. The standard InChI is InChI=1S/C14H11BrF2O/c1-8-2-5-12(16)11(6-8)14(18)10-4-3-9(15)7-13(10)17/h2-7,14,18H,1H3. The molecular formula is C14H11BrF2O. The van der Waals surface area contributed by atoms with Crippen molar-refractivity contribution in [3.8, 4) is 0 Å². The fourth-order valence-corrected chi connectivity index (χ4v) is 2.10. The highest BCUT2D eigenvalue weighted by Gasteiger charge is 2.18. The van der Waals surface area contributed by atoms with Crippen LogP contribution in [0.1, 0.15) is 22.8 Å². The van der Waals surface area contributed by atoms with Crippen LogP contribution in [0.5, 0.6) is 0 Å². The highest BCUT2D eigenvalue weighted by molar-refractivity contribution is 9.10. The van der Waals surface area contributed by atoms with E-state index in [1.165, 1.54) is 24.3 Å². The van der Waals surface area contributed by atoms with Crippen LogP contribution < -0.4 is 0 Å². The van der Waals surface area contributed by atoms with Crippen molar-refractivity contribution in [2.45, 2.75) is 13.0 Å². The lowest BCUT2D eigenvalue weighted by atomic mass is 9.99. The fourth-order valence-electron chi connectivity index (χ4n) is 1.76. The van der Waals surface area contributed by atoms with Crippen molar-refractivity contribution >= 4 is 15.9 Å². The largest absolute Gasteiger partial charge is 0.383 e. The van der Waals surface area contributed by atoms with Crippen LogP contribution in [0.4, 0.5) is 8.78 Å². The zero-order chi connectivity index (χ0) is 13.3. The summed E-state index contributed by atoms with van der Waals surface area (Å²) in [6, 6.07) is 8.67. The third-order valence-electron chi connectivity index (χ3n) is 2.70. The first-order valence-electron chi connectivity index (χ1n) is 5.38. The van der Waals surface area contributed by atoms with Gasteiger partial charge in [-0.25, -0.2) is 8.78 Å². The third-order valence-corrected chi connectivity index (χ3v) is 3.20. The van der Waals surface area contributed by atoms with Gasteiger partial charge in [0, 0.05) is 15.6 Å². The first kappa shape index (κ1) is 13.2. The lowest BCUT2D eigenvalue weighted by molar-refractivity contribution is 0.209. The summed E-state index contributed by atoms with van der Waals surface area (Å²) in [5, 5.41) is 10.1. The molecule has 0 aliphatic carbocycles. The summed E-state index contributed by atoms with van der Waals surface area (Å²) in [6.45, 7) is 1.79. The number of halogens is 3. The average Bonchev–Trinajstić information content (AvgIpc) is 2.31. The summed E-state index contributed by atoms with van der Waals surface area (Å²) in [6.07, 6.45) is -1.31. The van der Waals surface area contributed by atoms with Crippen LogP contribution >= 0.6 is 15.9 Å². The number of hydrogen-bond donors (Lipinski definition) is 1. The van der Waals surface area contributed by atoms with E-state index < -0.39 is 17.7 Å². The molecule has 0 spiro atoms. The molecule has 94 valence electrons. The van der Waals surface area contributed by atoms with E-state index in [1.54, 1.807) is 19.1 Å². The Kier molecular flexibility index (Phi) is 3.78. The molecule has 0 radical (unpaired) electrons. The van der Waals surface area contributed by atoms with Gasteiger partial charge >= 0.3 is 0 Å². The molecule has 1 atom stereocenters. The van der Waals surface area contributed by atoms with Crippen LogP contribution in [0, 0.1) is 18.6 Å². The minimum Gasteiger partial charge on any atom is -0.383 e. The maximum absolute atomic E-state index is 13.7. The fraction of sp³-hybridized carbons (Fsp3) is 0.143. The van der Waals surface area contributed by atoms with Crippen molar-refractivity contribution in [1.82, 2.24) is 0 Å². The van der Waals surface area contributed by atoms with Gasteiger partial charge in [0.15, 0.2) is 0 Å². The molecule has 1 unspecified atom stereocenters. The normalized spacial score (nSPS) is 12.5. The Morgan fingerprint density at radius 1 is 1.00 bits per heavy atom. The van der Waals surface area contributed by atoms with Crippen LogP contribution in [0.15, 0.2) is 40.9 Å². The highest BCUT2D eigenvalue weighted by atomic mass is 79.9. The number of hydrogen-bond acceptors (Lipinski definition) is 1. The van der Waals surface area contributed by atoms with Gasteiger partial charge in [0.25, 0.3) is 0 Å². The Morgan fingerprint density at radius 2 is 1.72 bits per heavy atom. The van der Waals surface area contributed by atoms with E-state index in [0.29, 0.717) is 4.47 Å². The maximum Gasteiger partial charge on any atom is 0.130 e. The summed E-state index contributed by atoms with van der Waals surface area (Å²) < 4.78 is 27.9. The van der Waals surface area contributed by atoms with Gasteiger partial charge in [-0.2, -0.15) is 0 Å². The zero-order valence-corrected chi connectivity index (χ0v) is 11.2. The number of aliphatic hydroxyl groups is 1. The molecule has 0 bridgehead atoms. The first-order chi connectivity index (χ1) is 8.49. The topological polar surface area (TPSA) is 20.2 Å². The molecule has 0 fully saturated rings. The van der Waals surface area contributed by atoms with Crippen LogP contribution in [0.3, 0.4) is 0 Å². The van der Waals surface area contributed by atoms with Crippen molar-refractivity contribution in [1.29, 1.82) is 0 Å². The molecular weight excluding hydrogens is 302 g/mol. The van der Waals surface area contributed by atoms with E-state index in [0.717, 1.165) is 5.56 Å². The van der Waals surface area contributed by atoms with Crippen molar-refractivity contribution in [3.05, 3.63) is 69.2 Å². The molecule has 2 rings (SSSR count). The van der Waals surface area contributed by atoms with Crippen LogP contribution in [0.2, 0.25) is 0 Å². The Balaban J connectivity index is 2.47. The third kappa shape index (κ3) is 2.60. The van der Waals surface area contributed by atoms with E-state index in [9.17, 15) is 13.9 Å².